The van der Waals surface area contributed by atoms with Crippen LogP contribution in [0.5, 0.6) is 0 Å². The Morgan fingerprint density at radius 1 is 1.53 bits per heavy atom. The molecular formula is C11H16N4O4. The first kappa shape index (κ1) is 14.8. The molecule has 0 fully saturated rings. The fourth-order valence-corrected chi connectivity index (χ4v) is 1.45. The summed E-state index contributed by atoms with van der Waals surface area (Å²) in [5.74, 6) is -1.82. The molecule has 4 N–H and O–H groups in total. The van der Waals surface area contributed by atoms with Gasteiger partial charge < -0.3 is 16.2 Å². The predicted molar refractivity (Wildman–Crippen MR) is 65.5 cm³/mol. The Morgan fingerprint density at radius 3 is 2.68 bits per heavy atom. The van der Waals surface area contributed by atoms with E-state index in [-0.39, 0.29) is 25.3 Å². The van der Waals surface area contributed by atoms with Crippen molar-refractivity contribution in [2.45, 2.75) is 25.8 Å². The summed E-state index contributed by atoms with van der Waals surface area (Å²) in [7, 11) is 0. The van der Waals surface area contributed by atoms with E-state index in [1.54, 1.807) is 0 Å². The van der Waals surface area contributed by atoms with Crippen LogP contribution >= 0.6 is 0 Å². The second-order valence-corrected chi connectivity index (χ2v) is 3.99. The lowest BCUT2D eigenvalue weighted by Crippen LogP contribution is -2.42. The molecule has 1 heterocycles. The van der Waals surface area contributed by atoms with Gasteiger partial charge in [-0.3, -0.25) is 14.2 Å². The zero-order chi connectivity index (χ0) is 14.4. The van der Waals surface area contributed by atoms with Gasteiger partial charge in [-0.2, -0.15) is 0 Å². The molecule has 0 spiro atoms. The van der Waals surface area contributed by atoms with E-state index < -0.39 is 17.9 Å². The standard InChI is InChI=1S/C11H16N4O4/c1-7(16)15-5-8(13-6-15)4-9(11(18)19)14-10(17)2-3-12/h5-6,9H,2-4,12H2,1H3,(H,14,17)(H,18,19)/t9-/m1/s1. The van der Waals surface area contributed by atoms with Crippen molar-refractivity contribution in [3.63, 3.8) is 0 Å². The van der Waals surface area contributed by atoms with Crippen molar-refractivity contribution in [1.29, 1.82) is 0 Å². The zero-order valence-corrected chi connectivity index (χ0v) is 10.5. The first-order valence-corrected chi connectivity index (χ1v) is 5.70. The molecule has 8 heteroatoms. The number of nitrogens with zero attached hydrogens (tertiary/aromatic N) is 2. The molecule has 1 atom stereocenters. The van der Waals surface area contributed by atoms with Crippen molar-refractivity contribution >= 4 is 17.8 Å². The third-order valence-electron chi connectivity index (χ3n) is 2.42. The molecule has 104 valence electrons. The maximum atomic E-state index is 11.3. The van der Waals surface area contributed by atoms with Crippen molar-refractivity contribution in [3.05, 3.63) is 18.2 Å². The monoisotopic (exact) mass is 268 g/mol. The van der Waals surface area contributed by atoms with E-state index in [4.69, 9.17) is 10.8 Å². The largest absolute Gasteiger partial charge is 0.480 e. The Balaban J connectivity index is 2.69. The molecule has 0 aromatic carbocycles. The molecule has 0 unspecified atom stereocenters. The number of carboxylic acids is 1. The van der Waals surface area contributed by atoms with Crippen molar-refractivity contribution in [1.82, 2.24) is 14.9 Å². The molecule has 19 heavy (non-hydrogen) atoms. The molecule has 0 aliphatic carbocycles. The molecule has 1 aromatic rings. The number of carbonyl (C=O) groups excluding carboxylic acids is 2. The number of nitrogens with two attached hydrogens (primary N) is 1. The zero-order valence-electron chi connectivity index (χ0n) is 10.5. The van der Waals surface area contributed by atoms with Gasteiger partial charge in [0.05, 0.1) is 5.69 Å². The molecule has 0 radical (unpaired) electrons. The van der Waals surface area contributed by atoms with E-state index in [1.807, 2.05) is 0 Å². The Labute approximate surface area is 109 Å². The van der Waals surface area contributed by atoms with Crippen LogP contribution in [0, 0.1) is 0 Å². The summed E-state index contributed by atoms with van der Waals surface area (Å²) in [4.78, 5) is 37.3. The molecule has 0 aliphatic rings. The number of nitrogens with one attached hydrogen (secondary N) is 1. The molecule has 1 aromatic heterocycles. The molecule has 1 amide bonds. The van der Waals surface area contributed by atoms with Gasteiger partial charge in [0.1, 0.15) is 12.4 Å². The number of rotatable bonds is 6. The summed E-state index contributed by atoms with van der Waals surface area (Å²) in [6, 6.07) is -1.09. The quantitative estimate of drug-likeness (QED) is 0.607. The van der Waals surface area contributed by atoms with Crippen LogP contribution in [0.4, 0.5) is 0 Å². The summed E-state index contributed by atoms with van der Waals surface area (Å²) in [6.45, 7) is 1.51. The number of aliphatic carboxylic acids is 1. The van der Waals surface area contributed by atoms with Gasteiger partial charge in [-0.05, 0) is 0 Å². The highest BCUT2D eigenvalue weighted by Crippen LogP contribution is 2.02. The number of imidazole rings is 1. The summed E-state index contributed by atoms with van der Waals surface area (Å²) in [5.41, 5.74) is 5.62. The number of hydrogen-bond acceptors (Lipinski definition) is 5. The van der Waals surface area contributed by atoms with Crippen molar-refractivity contribution in [2.75, 3.05) is 6.54 Å². The summed E-state index contributed by atoms with van der Waals surface area (Å²) < 4.78 is 1.25. The number of carbonyl (C=O) groups is 3. The fourth-order valence-electron chi connectivity index (χ4n) is 1.45. The second kappa shape index (κ2) is 6.64. The highest BCUT2D eigenvalue weighted by molar-refractivity contribution is 5.83. The van der Waals surface area contributed by atoms with Gasteiger partial charge >= 0.3 is 5.97 Å². The summed E-state index contributed by atoms with van der Waals surface area (Å²) >= 11 is 0. The van der Waals surface area contributed by atoms with Crippen LogP contribution in [0.2, 0.25) is 0 Å². The number of hydrogen-bond donors (Lipinski definition) is 3. The minimum absolute atomic E-state index is 0.00588. The smallest absolute Gasteiger partial charge is 0.326 e. The lowest BCUT2D eigenvalue weighted by atomic mass is 10.1. The highest BCUT2D eigenvalue weighted by Gasteiger charge is 2.21. The maximum absolute atomic E-state index is 11.3. The van der Waals surface area contributed by atoms with Gasteiger partial charge in [0, 0.05) is 32.5 Å². The fraction of sp³-hybridized carbons (Fsp3) is 0.455. The lowest BCUT2D eigenvalue weighted by molar-refractivity contribution is -0.141. The first-order valence-electron chi connectivity index (χ1n) is 5.70. The van der Waals surface area contributed by atoms with Crippen molar-refractivity contribution in [3.8, 4) is 0 Å². The van der Waals surface area contributed by atoms with Crippen LogP contribution in [0.25, 0.3) is 0 Å². The molecule has 0 aliphatic heterocycles. The average Bonchev–Trinajstić information content (AvgIpc) is 2.77. The van der Waals surface area contributed by atoms with Gasteiger partial charge in [0.25, 0.3) is 0 Å². The third kappa shape index (κ3) is 4.51. The van der Waals surface area contributed by atoms with E-state index in [0.29, 0.717) is 5.69 Å². The van der Waals surface area contributed by atoms with Gasteiger partial charge in [-0.25, -0.2) is 9.78 Å². The van der Waals surface area contributed by atoms with Crippen LogP contribution in [0.15, 0.2) is 12.5 Å². The predicted octanol–water partition coefficient (Wildman–Crippen LogP) is -0.996. The summed E-state index contributed by atoms with van der Waals surface area (Å²) in [5, 5.41) is 11.4. The molecular weight excluding hydrogens is 252 g/mol. The number of carboxylic acid groups (broad SMARTS) is 1. The minimum Gasteiger partial charge on any atom is -0.480 e. The third-order valence-corrected chi connectivity index (χ3v) is 2.42. The summed E-state index contributed by atoms with van der Waals surface area (Å²) in [6.07, 6.45) is 2.81. The van der Waals surface area contributed by atoms with Crippen LogP contribution < -0.4 is 11.1 Å². The van der Waals surface area contributed by atoms with Gasteiger partial charge in [-0.15, -0.1) is 0 Å². The Bertz CT molecular complexity index is 483. The molecule has 0 saturated heterocycles. The molecule has 0 bridgehead atoms. The maximum Gasteiger partial charge on any atom is 0.326 e. The minimum atomic E-state index is -1.16. The lowest BCUT2D eigenvalue weighted by Gasteiger charge is -2.12. The van der Waals surface area contributed by atoms with Crippen LogP contribution in [-0.2, 0) is 16.0 Å². The van der Waals surface area contributed by atoms with E-state index in [0.717, 1.165) is 0 Å². The Kier molecular flexibility index (Phi) is 5.19. The van der Waals surface area contributed by atoms with Crippen LogP contribution in [0.1, 0.15) is 23.8 Å². The van der Waals surface area contributed by atoms with E-state index in [9.17, 15) is 14.4 Å². The normalized spacial score (nSPS) is 11.9. The Hall–Kier alpha value is -2.22. The second-order valence-electron chi connectivity index (χ2n) is 3.99. The van der Waals surface area contributed by atoms with Crippen LogP contribution in [-0.4, -0.2) is 45.0 Å². The van der Waals surface area contributed by atoms with E-state index in [2.05, 4.69) is 10.3 Å². The molecule has 0 saturated carbocycles. The van der Waals surface area contributed by atoms with Gasteiger partial charge in [0.2, 0.25) is 11.8 Å². The highest BCUT2D eigenvalue weighted by atomic mass is 16.4. The average molecular weight is 268 g/mol. The SMILES string of the molecule is CC(=O)n1cnc(C[C@@H](NC(=O)CCN)C(=O)O)c1. The number of aromatic nitrogens is 2. The van der Waals surface area contributed by atoms with Crippen molar-refractivity contribution in [2.24, 2.45) is 5.73 Å². The van der Waals surface area contributed by atoms with Crippen molar-refractivity contribution < 1.29 is 19.5 Å². The first-order chi connectivity index (χ1) is 8.93. The van der Waals surface area contributed by atoms with Crippen LogP contribution in [0.3, 0.4) is 0 Å². The van der Waals surface area contributed by atoms with E-state index >= 15 is 0 Å². The Morgan fingerprint density at radius 2 is 2.21 bits per heavy atom. The van der Waals surface area contributed by atoms with E-state index in [1.165, 1.54) is 24.0 Å². The molecule has 1 rings (SSSR count). The van der Waals surface area contributed by atoms with Gasteiger partial charge in [-0.1, -0.05) is 0 Å². The molecule has 8 nitrogen and oxygen atoms in total. The topological polar surface area (TPSA) is 127 Å². The number of amides is 1. The van der Waals surface area contributed by atoms with Gasteiger partial charge in [0.15, 0.2) is 0 Å².